The third-order valence-electron chi connectivity index (χ3n) is 2.83. The third kappa shape index (κ3) is 5.01. The standard InChI is InChI=1S/C15H25N2O2P/c1-6-19-12-8-9-13(14(10-12)20(5)7-2)17-15(18)16-11(3)4/h8-11H,6-7H2,1-5H3,(H2,16,17,18). The molecule has 0 radical (unpaired) electrons. The summed E-state index contributed by atoms with van der Waals surface area (Å²) in [5, 5.41) is 6.95. The molecule has 1 aromatic rings. The number of carbonyl (C=O) groups excluding carboxylic acids is 1. The van der Waals surface area contributed by atoms with Crippen LogP contribution in [0.3, 0.4) is 0 Å². The Morgan fingerprint density at radius 3 is 2.60 bits per heavy atom. The van der Waals surface area contributed by atoms with Crippen LogP contribution < -0.4 is 20.7 Å². The number of nitrogens with one attached hydrogen (secondary N) is 2. The Bertz CT molecular complexity index is 449. The third-order valence-corrected chi connectivity index (χ3v) is 4.97. The van der Waals surface area contributed by atoms with Gasteiger partial charge in [-0.1, -0.05) is 14.8 Å². The molecule has 0 heterocycles. The largest absolute Gasteiger partial charge is 0.494 e. The van der Waals surface area contributed by atoms with Crippen molar-refractivity contribution in [1.82, 2.24) is 5.32 Å². The van der Waals surface area contributed by atoms with E-state index in [0.29, 0.717) is 6.61 Å². The normalized spacial score (nSPS) is 12.1. The zero-order chi connectivity index (χ0) is 15.1. The van der Waals surface area contributed by atoms with Gasteiger partial charge in [-0.25, -0.2) is 4.79 Å². The van der Waals surface area contributed by atoms with Gasteiger partial charge in [-0.2, -0.15) is 0 Å². The van der Waals surface area contributed by atoms with Crippen LogP contribution in [0.4, 0.5) is 10.5 Å². The Kier molecular flexibility index (Phi) is 6.80. The monoisotopic (exact) mass is 296 g/mol. The van der Waals surface area contributed by atoms with Crippen molar-refractivity contribution in [3.63, 3.8) is 0 Å². The molecule has 1 atom stereocenters. The van der Waals surface area contributed by atoms with Gasteiger partial charge in [-0.15, -0.1) is 0 Å². The molecule has 2 N–H and O–H groups in total. The highest BCUT2D eigenvalue weighted by Crippen LogP contribution is 2.34. The van der Waals surface area contributed by atoms with Gasteiger partial charge in [0.1, 0.15) is 5.75 Å². The van der Waals surface area contributed by atoms with Crippen molar-refractivity contribution < 1.29 is 9.53 Å². The second-order valence-electron chi connectivity index (χ2n) is 4.88. The maximum absolute atomic E-state index is 11.9. The first-order valence-electron chi connectivity index (χ1n) is 7.03. The minimum atomic E-state index is -0.295. The Hall–Kier alpha value is -1.28. The van der Waals surface area contributed by atoms with Gasteiger partial charge < -0.3 is 15.4 Å². The summed E-state index contributed by atoms with van der Waals surface area (Å²) in [5.41, 5.74) is 0.877. The number of ether oxygens (including phenoxy) is 1. The number of amides is 2. The fraction of sp³-hybridized carbons (Fsp3) is 0.533. The molecule has 0 aromatic heterocycles. The van der Waals surface area contributed by atoms with E-state index in [1.807, 2.05) is 39.0 Å². The first-order chi connectivity index (χ1) is 9.47. The summed E-state index contributed by atoms with van der Waals surface area (Å²) < 4.78 is 5.55. The van der Waals surface area contributed by atoms with Crippen LogP contribution in [0.15, 0.2) is 18.2 Å². The highest BCUT2D eigenvalue weighted by atomic mass is 31.1. The van der Waals surface area contributed by atoms with Gasteiger partial charge in [0, 0.05) is 11.3 Å². The summed E-state index contributed by atoms with van der Waals surface area (Å²) in [6.07, 6.45) is 1.07. The van der Waals surface area contributed by atoms with Crippen molar-refractivity contribution in [2.75, 3.05) is 24.8 Å². The van der Waals surface area contributed by atoms with Gasteiger partial charge in [-0.3, -0.25) is 0 Å². The topological polar surface area (TPSA) is 50.4 Å². The zero-order valence-electron chi connectivity index (χ0n) is 13.0. The Morgan fingerprint density at radius 1 is 1.35 bits per heavy atom. The van der Waals surface area contributed by atoms with Crippen molar-refractivity contribution in [1.29, 1.82) is 0 Å². The number of carbonyl (C=O) groups is 1. The lowest BCUT2D eigenvalue weighted by Crippen LogP contribution is -2.35. The first-order valence-corrected chi connectivity index (χ1v) is 9.00. The summed E-state index contributed by atoms with van der Waals surface area (Å²) in [5.74, 6) is 0.861. The number of hydrogen-bond donors (Lipinski definition) is 2. The second kappa shape index (κ2) is 8.11. The molecular weight excluding hydrogens is 271 g/mol. The summed E-state index contributed by atoms with van der Waals surface area (Å²) in [4.78, 5) is 11.9. The highest BCUT2D eigenvalue weighted by Gasteiger charge is 2.13. The average molecular weight is 296 g/mol. The van der Waals surface area contributed by atoms with Gasteiger partial charge in [0.05, 0.1) is 12.3 Å². The fourth-order valence-corrected chi connectivity index (χ4v) is 3.01. The summed E-state index contributed by atoms with van der Waals surface area (Å²) >= 11 is 0. The van der Waals surface area contributed by atoms with Crippen LogP contribution in [0, 0.1) is 0 Å². The SMILES string of the molecule is CCOc1ccc(NC(=O)NC(C)C)c(P(C)CC)c1. The van der Waals surface area contributed by atoms with E-state index in [1.165, 1.54) is 5.30 Å². The van der Waals surface area contributed by atoms with Gasteiger partial charge in [0.25, 0.3) is 0 Å². The summed E-state index contributed by atoms with van der Waals surface area (Å²) in [6, 6.07) is 5.83. The van der Waals surface area contributed by atoms with Gasteiger partial charge in [-0.05, 0) is 51.8 Å². The number of benzene rings is 1. The number of hydrogen-bond acceptors (Lipinski definition) is 2. The molecule has 0 saturated carbocycles. The molecule has 20 heavy (non-hydrogen) atoms. The molecule has 1 aromatic carbocycles. The minimum absolute atomic E-state index is 0.121. The van der Waals surface area contributed by atoms with E-state index in [1.54, 1.807) is 0 Å². The zero-order valence-corrected chi connectivity index (χ0v) is 13.9. The predicted octanol–water partition coefficient (Wildman–Crippen LogP) is 3.37. The van der Waals surface area contributed by atoms with Gasteiger partial charge in [0.2, 0.25) is 0 Å². The van der Waals surface area contributed by atoms with Crippen molar-refractivity contribution in [2.45, 2.75) is 33.7 Å². The lowest BCUT2D eigenvalue weighted by Gasteiger charge is -2.18. The van der Waals surface area contributed by atoms with Crippen LogP contribution in [0.25, 0.3) is 0 Å². The van der Waals surface area contributed by atoms with Gasteiger partial charge in [0.15, 0.2) is 0 Å². The van der Waals surface area contributed by atoms with E-state index in [-0.39, 0.29) is 20.0 Å². The number of urea groups is 1. The minimum Gasteiger partial charge on any atom is -0.494 e. The molecule has 112 valence electrons. The molecule has 0 bridgehead atoms. The molecular formula is C15H25N2O2P. The molecule has 0 aliphatic heterocycles. The number of rotatable bonds is 6. The van der Waals surface area contributed by atoms with Crippen LogP contribution in [0.2, 0.25) is 0 Å². The molecule has 0 aliphatic rings. The average Bonchev–Trinajstić information content (AvgIpc) is 2.39. The smallest absolute Gasteiger partial charge is 0.319 e. The molecule has 0 saturated heterocycles. The summed E-state index contributed by atoms with van der Waals surface area (Å²) in [7, 11) is -0.295. The molecule has 1 rings (SSSR count). The van der Waals surface area contributed by atoms with Crippen LogP contribution >= 0.6 is 7.92 Å². The fourth-order valence-electron chi connectivity index (χ4n) is 1.78. The van der Waals surface area contributed by atoms with Crippen LogP contribution in [-0.2, 0) is 0 Å². The van der Waals surface area contributed by atoms with Crippen molar-refractivity contribution >= 4 is 24.9 Å². The molecule has 4 nitrogen and oxygen atoms in total. The van der Waals surface area contributed by atoms with Crippen molar-refractivity contribution in [3.05, 3.63) is 18.2 Å². The lowest BCUT2D eigenvalue weighted by molar-refractivity contribution is 0.250. The van der Waals surface area contributed by atoms with Crippen LogP contribution in [0.1, 0.15) is 27.7 Å². The van der Waals surface area contributed by atoms with E-state index in [9.17, 15) is 4.79 Å². The predicted molar refractivity (Wildman–Crippen MR) is 87.9 cm³/mol. The van der Waals surface area contributed by atoms with E-state index < -0.39 is 0 Å². The van der Waals surface area contributed by atoms with Crippen LogP contribution in [0.5, 0.6) is 5.75 Å². The first kappa shape index (κ1) is 16.8. The van der Waals surface area contributed by atoms with E-state index in [0.717, 1.165) is 17.6 Å². The Morgan fingerprint density at radius 2 is 2.05 bits per heavy atom. The molecule has 0 fully saturated rings. The van der Waals surface area contributed by atoms with Crippen LogP contribution in [-0.4, -0.2) is 31.5 Å². The summed E-state index contributed by atoms with van der Waals surface area (Å²) in [6.45, 7) is 10.9. The van der Waals surface area contributed by atoms with E-state index in [4.69, 9.17) is 4.74 Å². The maximum atomic E-state index is 11.9. The Labute approximate surface area is 123 Å². The Balaban J connectivity index is 2.96. The van der Waals surface area contributed by atoms with E-state index >= 15 is 0 Å². The molecule has 1 unspecified atom stereocenters. The van der Waals surface area contributed by atoms with Crippen molar-refractivity contribution in [3.8, 4) is 5.75 Å². The molecule has 0 aliphatic carbocycles. The van der Waals surface area contributed by atoms with Crippen molar-refractivity contribution in [2.24, 2.45) is 0 Å². The van der Waals surface area contributed by atoms with Gasteiger partial charge >= 0.3 is 6.03 Å². The highest BCUT2D eigenvalue weighted by molar-refractivity contribution is 7.65. The second-order valence-corrected chi connectivity index (χ2v) is 7.39. The van der Waals surface area contributed by atoms with E-state index in [2.05, 4.69) is 24.2 Å². The molecule has 2 amide bonds. The maximum Gasteiger partial charge on any atom is 0.319 e. The number of anilines is 1. The quantitative estimate of drug-likeness (QED) is 0.791. The lowest BCUT2D eigenvalue weighted by atomic mass is 10.3. The molecule has 5 heteroatoms. The molecule has 0 spiro atoms.